The molecule has 0 saturated carbocycles. The number of thiol groups is 2. The van der Waals surface area contributed by atoms with Gasteiger partial charge in [0.05, 0.1) is 17.6 Å². The lowest BCUT2D eigenvalue weighted by atomic mass is 10.1. The predicted octanol–water partition coefficient (Wildman–Crippen LogP) is 7.24. The maximum absolute atomic E-state index is 14.6. The third-order valence-corrected chi connectivity index (χ3v) is 11.0. The molecule has 1 aromatic heterocycles. The van der Waals surface area contributed by atoms with Gasteiger partial charge >= 0.3 is 6.29 Å². The molecule has 5 rings (SSSR count). The third-order valence-electron chi connectivity index (χ3n) is 6.39. The highest BCUT2D eigenvalue weighted by atomic mass is 33.5. The van der Waals surface area contributed by atoms with Crippen molar-refractivity contribution in [3.05, 3.63) is 83.2 Å². The minimum Gasteiger partial charge on any atom is -0.395 e. The molecule has 0 spiro atoms. The first kappa shape index (κ1) is 27.6. The number of ether oxygens (including phenoxy) is 2. The van der Waals surface area contributed by atoms with Crippen LogP contribution in [0.5, 0.6) is 11.5 Å². The van der Waals surface area contributed by atoms with E-state index in [1.807, 2.05) is 31.2 Å². The van der Waals surface area contributed by atoms with Crippen molar-refractivity contribution in [3.63, 3.8) is 0 Å². The van der Waals surface area contributed by atoms with Gasteiger partial charge in [-0.25, -0.2) is 9.37 Å². The fraction of sp³-hybridized carbons (Fsp3) is 0.259. The maximum Gasteiger partial charge on any atom is 0.586 e. The Balaban J connectivity index is 1.36. The zero-order valence-electron chi connectivity index (χ0n) is 21.0. The van der Waals surface area contributed by atoms with Gasteiger partial charge in [-0.15, -0.1) is 40.2 Å². The Morgan fingerprint density at radius 1 is 1.13 bits per heavy atom. The minimum atomic E-state index is -3.77. The molecule has 39 heavy (non-hydrogen) atoms. The first-order chi connectivity index (χ1) is 18.5. The average Bonchev–Trinajstić information content (AvgIpc) is 3.43. The molecule has 1 amide bonds. The number of benzene rings is 3. The molecule has 0 bridgehead atoms. The zero-order chi connectivity index (χ0) is 27.9. The molecule has 206 valence electrons. The number of carbonyl (C=O) groups excluding carboxylic acids is 1. The summed E-state index contributed by atoms with van der Waals surface area (Å²) in [6.07, 6.45) is -5.22. The number of halogens is 3. The van der Waals surface area contributed by atoms with Crippen molar-refractivity contribution in [2.75, 3.05) is 5.75 Å². The van der Waals surface area contributed by atoms with Gasteiger partial charge in [-0.05, 0) is 54.6 Å². The van der Waals surface area contributed by atoms with Gasteiger partial charge in [0.15, 0.2) is 17.7 Å². The maximum atomic E-state index is 14.6. The lowest BCUT2D eigenvalue weighted by molar-refractivity contribution is -0.286. The molecule has 0 fully saturated rings. The first-order valence-corrected chi connectivity index (χ1v) is 16.0. The Kier molecular flexibility index (Phi) is 7.47. The van der Waals surface area contributed by atoms with E-state index in [0.29, 0.717) is 28.7 Å². The third kappa shape index (κ3) is 5.68. The Morgan fingerprint density at radius 3 is 2.56 bits per heavy atom. The normalized spacial score (nSPS) is 15.4. The lowest BCUT2D eigenvalue weighted by Gasteiger charge is -2.27. The highest BCUT2D eigenvalue weighted by molar-refractivity contribution is 9.17. The molecular weight excluding hydrogens is 568 g/mol. The van der Waals surface area contributed by atoms with Crippen LogP contribution in [0.15, 0.2) is 65.6 Å². The number of rotatable bonds is 8. The number of hydrogen-bond acceptors (Lipinski definition) is 6. The second kappa shape index (κ2) is 10.5. The quantitative estimate of drug-likeness (QED) is 0.149. The molecular formula is C27H26F3N3O3S3. The Hall–Kier alpha value is -2.96. The summed E-state index contributed by atoms with van der Waals surface area (Å²) in [5, 5.41) is 2.89. The number of para-hydroxylation sites is 1. The van der Waals surface area contributed by atoms with E-state index in [-0.39, 0.29) is 29.8 Å². The van der Waals surface area contributed by atoms with Crippen LogP contribution in [-0.4, -0.2) is 27.5 Å². The molecule has 3 aromatic carbocycles. The summed E-state index contributed by atoms with van der Waals surface area (Å²) < 4.78 is 52.7. The Labute approximate surface area is 234 Å². The van der Waals surface area contributed by atoms with Gasteiger partial charge in [0, 0.05) is 22.6 Å². The second-order valence-electron chi connectivity index (χ2n) is 9.07. The number of fused-ring (bicyclic) bond motifs is 2. The van der Waals surface area contributed by atoms with E-state index < -0.39 is 20.6 Å². The Bertz CT molecular complexity index is 1540. The SMILES string of the molecule is CCS(S)(S)c1ccc(CNC(=O)c2ccc3c(c2)nc(C(C)F)n3Cc2cccc3c2OC(F)(F)O3)cc1. The van der Waals surface area contributed by atoms with Gasteiger partial charge in [0.2, 0.25) is 0 Å². The van der Waals surface area contributed by atoms with Gasteiger partial charge in [-0.1, -0.05) is 31.2 Å². The topological polar surface area (TPSA) is 65.4 Å². The summed E-state index contributed by atoms with van der Waals surface area (Å²) in [6.45, 7) is 3.72. The summed E-state index contributed by atoms with van der Waals surface area (Å²) >= 11 is 9.30. The number of nitrogens with one attached hydrogen (secondary N) is 1. The van der Waals surface area contributed by atoms with E-state index in [1.54, 1.807) is 34.9 Å². The number of nitrogens with zero attached hydrogens (tertiary/aromatic N) is 2. The largest absolute Gasteiger partial charge is 0.586 e. The molecule has 1 aliphatic heterocycles. The van der Waals surface area contributed by atoms with Crippen LogP contribution in [0.3, 0.4) is 0 Å². The highest BCUT2D eigenvalue weighted by Crippen LogP contribution is 2.63. The monoisotopic (exact) mass is 593 g/mol. The van der Waals surface area contributed by atoms with Crippen molar-refractivity contribution in [1.29, 1.82) is 0 Å². The number of aromatic nitrogens is 2. The van der Waals surface area contributed by atoms with Crippen LogP contribution in [0.1, 0.15) is 47.3 Å². The fourth-order valence-electron chi connectivity index (χ4n) is 4.36. The van der Waals surface area contributed by atoms with Crippen LogP contribution < -0.4 is 14.8 Å². The van der Waals surface area contributed by atoms with E-state index in [4.69, 9.17) is 0 Å². The molecule has 12 heteroatoms. The number of imidazole rings is 1. The van der Waals surface area contributed by atoms with Crippen molar-refractivity contribution in [1.82, 2.24) is 14.9 Å². The number of carbonyl (C=O) groups is 1. The van der Waals surface area contributed by atoms with Crippen LogP contribution in [0, 0.1) is 0 Å². The summed E-state index contributed by atoms with van der Waals surface area (Å²) in [4.78, 5) is 18.4. The summed E-state index contributed by atoms with van der Waals surface area (Å²) in [6, 6.07) is 17.2. The van der Waals surface area contributed by atoms with Crippen molar-refractivity contribution in [2.45, 2.75) is 44.3 Å². The molecule has 0 saturated heterocycles. The van der Waals surface area contributed by atoms with Crippen molar-refractivity contribution >= 4 is 48.4 Å². The lowest BCUT2D eigenvalue weighted by Crippen LogP contribution is -2.26. The van der Waals surface area contributed by atoms with Gasteiger partial charge in [-0.3, -0.25) is 4.79 Å². The molecule has 1 unspecified atom stereocenters. The predicted molar refractivity (Wildman–Crippen MR) is 153 cm³/mol. The van der Waals surface area contributed by atoms with Crippen LogP contribution >= 0.6 is 31.4 Å². The minimum absolute atomic E-state index is 0.0177. The van der Waals surface area contributed by atoms with E-state index in [9.17, 15) is 18.0 Å². The average molecular weight is 594 g/mol. The van der Waals surface area contributed by atoms with Crippen LogP contribution in [0.25, 0.3) is 11.0 Å². The molecule has 1 aliphatic rings. The summed E-state index contributed by atoms with van der Waals surface area (Å²) in [7, 11) is -1.43. The molecule has 4 aromatic rings. The van der Waals surface area contributed by atoms with Crippen LogP contribution in [0.4, 0.5) is 13.2 Å². The smallest absolute Gasteiger partial charge is 0.395 e. The van der Waals surface area contributed by atoms with Crippen LogP contribution in [0.2, 0.25) is 0 Å². The first-order valence-electron chi connectivity index (χ1n) is 12.1. The number of amides is 1. The zero-order valence-corrected chi connectivity index (χ0v) is 23.6. The van der Waals surface area contributed by atoms with E-state index >= 15 is 0 Å². The van der Waals surface area contributed by atoms with Crippen molar-refractivity contribution < 1.29 is 27.4 Å². The van der Waals surface area contributed by atoms with Gasteiger partial charge < -0.3 is 19.4 Å². The molecule has 2 heterocycles. The summed E-state index contributed by atoms with van der Waals surface area (Å²) in [5.74, 6) is 0.437. The fourth-order valence-corrected chi connectivity index (χ4v) is 5.99. The molecule has 0 radical (unpaired) electrons. The highest BCUT2D eigenvalue weighted by Gasteiger charge is 2.44. The summed E-state index contributed by atoms with van der Waals surface area (Å²) in [5.41, 5.74) is 2.62. The van der Waals surface area contributed by atoms with E-state index in [1.165, 1.54) is 13.0 Å². The van der Waals surface area contributed by atoms with E-state index in [2.05, 4.69) is 43.1 Å². The van der Waals surface area contributed by atoms with E-state index in [0.717, 1.165) is 16.2 Å². The standard InChI is InChI=1S/C27H26F3N3O3S3/c1-3-39(37,38)20-10-7-17(8-11-20)14-31-26(34)18-9-12-22-21(13-18)32-25(16(2)28)33(22)15-19-5-4-6-23-24(19)36-27(29,30)35-23/h4-13,16,37-38H,3,14-15H2,1-2H3,(H,31,34). The van der Waals surface area contributed by atoms with Crippen LogP contribution in [-0.2, 0) is 13.1 Å². The van der Waals surface area contributed by atoms with Gasteiger partial charge in [0.25, 0.3) is 5.91 Å². The second-order valence-corrected chi connectivity index (χ2v) is 16.1. The number of alkyl halides is 3. The molecule has 1 atom stereocenters. The van der Waals surface area contributed by atoms with Gasteiger partial charge in [0.1, 0.15) is 5.82 Å². The molecule has 0 aliphatic carbocycles. The number of hydrogen-bond donors (Lipinski definition) is 3. The molecule has 6 nitrogen and oxygen atoms in total. The van der Waals surface area contributed by atoms with Crippen molar-refractivity contribution in [2.24, 2.45) is 0 Å². The Morgan fingerprint density at radius 2 is 1.87 bits per heavy atom. The van der Waals surface area contributed by atoms with Crippen molar-refractivity contribution in [3.8, 4) is 11.5 Å². The van der Waals surface area contributed by atoms with Gasteiger partial charge in [-0.2, -0.15) is 0 Å². The molecule has 1 N–H and O–H groups in total.